The Morgan fingerprint density at radius 2 is 2.00 bits per heavy atom. The highest BCUT2D eigenvalue weighted by Crippen LogP contribution is 2.51. The fraction of sp³-hybridized carbons (Fsp3) is 0.577. The van der Waals surface area contributed by atoms with Crippen LogP contribution < -0.4 is 0 Å². The number of hydrogen-bond donors (Lipinski definition) is 0. The van der Waals surface area contributed by atoms with Gasteiger partial charge in [0.2, 0.25) is 0 Å². The Balaban J connectivity index is 1.47. The van der Waals surface area contributed by atoms with Gasteiger partial charge in [-0.25, -0.2) is 0 Å². The van der Waals surface area contributed by atoms with Crippen molar-refractivity contribution >= 4 is 5.78 Å². The van der Waals surface area contributed by atoms with Crippen LogP contribution in [0.15, 0.2) is 55.1 Å². The number of benzene rings is 1. The zero-order valence-corrected chi connectivity index (χ0v) is 18.4. The van der Waals surface area contributed by atoms with Crippen molar-refractivity contribution < 1.29 is 23.7 Å². The molecular weight excluding hydrogens is 392 g/mol. The summed E-state index contributed by atoms with van der Waals surface area (Å²) in [5, 5.41) is 0. The van der Waals surface area contributed by atoms with Gasteiger partial charge < -0.3 is 18.9 Å². The maximum Gasteiger partial charge on any atom is 0.191 e. The molecule has 0 N–H and O–H groups in total. The number of carbonyl (C=O) groups is 1. The SMILES string of the molecule is C=CCC[C@@]1(OCc2ccccc2)[C@@H](C(=O)[C@@H]2C[C@@H]3C=C[C@H]2C3)O[C@@H]2OC(C)(C)O[C@@H]21. The number of allylic oxidation sites excluding steroid dienone is 3. The second-order valence-electron chi connectivity index (χ2n) is 9.79. The fourth-order valence-electron chi connectivity index (χ4n) is 5.79. The topological polar surface area (TPSA) is 54.0 Å². The summed E-state index contributed by atoms with van der Waals surface area (Å²) >= 11 is 0. The van der Waals surface area contributed by atoms with Gasteiger partial charge in [0.1, 0.15) is 11.7 Å². The lowest BCUT2D eigenvalue weighted by atomic mass is 9.78. The lowest BCUT2D eigenvalue weighted by molar-refractivity contribution is -0.238. The van der Waals surface area contributed by atoms with E-state index in [1.54, 1.807) is 0 Å². The number of rotatable bonds is 8. The molecule has 0 aromatic heterocycles. The van der Waals surface area contributed by atoms with Crippen LogP contribution in [-0.4, -0.2) is 35.7 Å². The van der Waals surface area contributed by atoms with Crippen LogP contribution in [0.25, 0.3) is 0 Å². The van der Waals surface area contributed by atoms with Crippen molar-refractivity contribution in [1.29, 1.82) is 0 Å². The quantitative estimate of drug-likeness (QED) is 0.573. The summed E-state index contributed by atoms with van der Waals surface area (Å²) < 4.78 is 25.3. The highest BCUT2D eigenvalue weighted by Gasteiger charge is 2.67. The van der Waals surface area contributed by atoms with Crippen molar-refractivity contribution in [3.05, 3.63) is 60.7 Å². The Bertz CT molecular complexity index is 862. The minimum absolute atomic E-state index is 0.0183. The van der Waals surface area contributed by atoms with E-state index in [0.717, 1.165) is 18.4 Å². The summed E-state index contributed by atoms with van der Waals surface area (Å²) in [4.78, 5) is 13.8. The summed E-state index contributed by atoms with van der Waals surface area (Å²) in [7, 11) is 0. The number of ether oxygens (including phenoxy) is 4. The molecule has 0 amide bonds. The summed E-state index contributed by atoms with van der Waals surface area (Å²) in [6, 6.07) is 10.0. The van der Waals surface area contributed by atoms with Gasteiger partial charge in [-0.15, -0.1) is 6.58 Å². The Morgan fingerprint density at radius 3 is 2.68 bits per heavy atom. The van der Waals surface area contributed by atoms with Gasteiger partial charge in [0, 0.05) is 5.92 Å². The zero-order chi connectivity index (χ0) is 21.6. The molecule has 2 bridgehead atoms. The third-order valence-electron chi connectivity index (χ3n) is 7.25. The predicted octanol–water partition coefficient (Wildman–Crippen LogP) is 4.57. The van der Waals surface area contributed by atoms with Crippen molar-refractivity contribution in [1.82, 2.24) is 0 Å². The molecule has 5 rings (SSSR count). The minimum atomic E-state index is -0.912. The molecular formula is C26H32O5. The molecule has 1 saturated carbocycles. The van der Waals surface area contributed by atoms with E-state index in [9.17, 15) is 4.79 Å². The van der Waals surface area contributed by atoms with Crippen LogP contribution >= 0.6 is 0 Å². The van der Waals surface area contributed by atoms with E-state index in [4.69, 9.17) is 18.9 Å². The molecule has 0 radical (unpaired) electrons. The van der Waals surface area contributed by atoms with E-state index in [2.05, 4.69) is 18.7 Å². The molecule has 5 heteroatoms. The molecule has 2 heterocycles. The summed E-state index contributed by atoms with van der Waals surface area (Å²) in [6.45, 7) is 8.04. The summed E-state index contributed by atoms with van der Waals surface area (Å²) in [6.07, 6.45) is 7.81. The van der Waals surface area contributed by atoms with E-state index in [0.29, 0.717) is 31.3 Å². The fourth-order valence-corrected chi connectivity index (χ4v) is 5.79. The van der Waals surface area contributed by atoms with E-state index in [-0.39, 0.29) is 11.7 Å². The molecule has 3 fully saturated rings. The van der Waals surface area contributed by atoms with E-state index < -0.39 is 29.9 Å². The second-order valence-corrected chi connectivity index (χ2v) is 9.79. The van der Waals surface area contributed by atoms with Crippen molar-refractivity contribution in [3.63, 3.8) is 0 Å². The Morgan fingerprint density at radius 1 is 1.19 bits per heavy atom. The van der Waals surface area contributed by atoms with Crippen molar-refractivity contribution in [2.24, 2.45) is 17.8 Å². The number of ketones is 1. The third-order valence-corrected chi connectivity index (χ3v) is 7.25. The van der Waals surface area contributed by atoms with Crippen LogP contribution in [0.1, 0.15) is 45.1 Å². The first-order valence-corrected chi connectivity index (χ1v) is 11.4. The molecule has 1 aromatic carbocycles. The van der Waals surface area contributed by atoms with Crippen molar-refractivity contribution in [2.75, 3.05) is 0 Å². The number of hydrogen-bond acceptors (Lipinski definition) is 5. The van der Waals surface area contributed by atoms with Crippen molar-refractivity contribution in [3.8, 4) is 0 Å². The molecule has 5 nitrogen and oxygen atoms in total. The first-order chi connectivity index (χ1) is 14.9. The third kappa shape index (κ3) is 3.72. The molecule has 1 aromatic rings. The van der Waals surface area contributed by atoms with Crippen LogP contribution in [0.2, 0.25) is 0 Å². The van der Waals surface area contributed by atoms with E-state index in [1.807, 2.05) is 50.3 Å². The van der Waals surface area contributed by atoms with Crippen molar-refractivity contribution in [2.45, 2.75) is 76.0 Å². The van der Waals surface area contributed by atoms with E-state index >= 15 is 0 Å². The molecule has 31 heavy (non-hydrogen) atoms. The highest BCUT2D eigenvalue weighted by molar-refractivity contribution is 5.88. The standard InChI is InChI=1S/C26H32O5/c1-4-5-13-26(28-16-17-9-7-6-8-10-17)22(29-24-23(26)30-25(2,3)31-24)21(27)20-15-18-11-12-19(20)14-18/h4,6-12,18-20,22-24H,1,5,13-16H2,2-3H3/t18-,19+,20-,22-,23+,24-,26-/m1/s1. The molecule has 166 valence electrons. The highest BCUT2D eigenvalue weighted by atomic mass is 16.8. The maximum atomic E-state index is 13.8. The van der Waals surface area contributed by atoms with Crippen LogP contribution in [0, 0.1) is 17.8 Å². The second kappa shape index (κ2) is 7.96. The zero-order valence-electron chi connectivity index (χ0n) is 18.4. The lowest BCUT2D eigenvalue weighted by Gasteiger charge is -2.39. The normalized spacial score (nSPS) is 39.7. The van der Waals surface area contributed by atoms with Crippen LogP contribution in [0.3, 0.4) is 0 Å². The first kappa shape index (κ1) is 21.1. The van der Waals surface area contributed by atoms with Crippen LogP contribution in [0.5, 0.6) is 0 Å². The summed E-state index contributed by atoms with van der Waals surface area (Å²) in [5.74, 6) is 0.155. The van der Waals surface area contributed by atoms with Gasteiger partial charge in [-0.2, -0.15) is 0 Å². The molecule has 0 spiro atoms. The minimum Gasteiger partial charge on any atom is -0.364 e. The Hall–Kier alpha value is -1.79. The lowest BCUT2D eigenvalue weighted by Crippen LogP contribution is -2.55. The van der Waals surface area contributed by atoms with Gasteiger partial charge in [0.05, 0.1) is 6.61 Å². The van der Waals surface area contributed by atoms with Gasteiger partial charge in [-0.05, 0) is 56.9 Å². The van der Waals surface area contributed by atoms with Crippen LogP contribution in [-0.2, 0) is 30.3 Å². The van der Waals surface area contributed by atoms with Gasteiger partial charge in [-0.1, -0.05) is 48.6 Å². The van der Waals surface area contributed by atoms with Gasteiger partial charge in [0.25, 0.3) is 0 Å². The summed E-state index contributed by atoms with van der Waals surface area (Å²) in [5.41, 5.74) is 0.140. The van der Waals surface area contributed by atoms with E-state index in [1.165, 1.54) is 0 Å². The number of fused-ring (bicyclic) bond motifs is 3. The van der Waals surface area contributed by atoms with Gasteiger partial charge >= 0.3 is 0 Å². The predicted molar refractivity (Wildman–Crippen MR) is 116 cm³/mol. The Kier molecular flexibility index (Phi) is 5.41. The molecule has 0 unspecified atom stereocenters. The Labute approximate surface area is 184 Å². The largest absolute Gasteiger partial charge is 0.364 e. The monoisotopic (exact) mass is 424 g/mol. The number of carbonyl (C=O) groups excluding carboxylic acids is 1. The molecule has 4 aliphatic rings. The van der Waals surface area contributed by atoms with Crippen LogP contribution in [0.4, 0.5) is 0 Å². The van der Waals surface area contributed by atoms with Gasteiger partial charge in [-0.3, -0.25) is 4.79 Å². The number of Topliss-reactive ketones (excluding diaryl/α,β-unsaturated/α-hetero) is 1. The maximum absolute atomic E-state index is 13.8. The smallest absolute Gasteiger partial charge is 0.191 e. The van der Waals surface area contributed by atoms with Gasteiger partial charge in [0.15, 0.2) is 24.0 Å². The average Bonchev–Trinajstić information content (AvgIpc) is 3.51. The molecule has 7 atom stereocenters. The molecule has 2 aliphatic heterocycles. The molecule has 2 aliphatic carbocycles. The molecule has 2 saturated heterocycles. The average molecular weight is 425 g/mol. The first-order valence-electron chi connectivity index (χ1n) is 11.4.